The number of hydrogen-bond donors (Lipinski definition) is 0. The van der Waals surface area contributed by atoms with Gasteiger partial charge >= 0.3 is 0 Å². The van der Waals surface area contributed by atoms with Crippen LogP contribution in [-0.4, -0.2) is 8.07 Å². The second-order valence-electron chi connectivity index (χ2n) is 3.91. The summed E-state index contributed by atoms with van der Waals surface area (Å²) in [6.45, 7) is 9.35. The molecule has 0 bridgehead atoms. The highest BCUT2D eigenvalue weighted by Gasteiger charge is 2.05. The van der Waals surface area contributed by atoms with Gasteiger partial charge in [0.05, 0.1) is 8.07 Å². The Hall–Kier alpha value is -0.0431. The molecule has 0 radical (unpaired) electrons. The van der Waals surface area contributed by atoms with Crippen molar-refractivity contribution < 1.29 is 0 Å². The third-order valence-corrected chi connectivity index (χ3v) is 2.58. The summed E-state index contributed by atoms with van der Waals surface area (Å²) in [5.74, 6) is 0. The van der Waals surface area contributed by atoms with Gasteiger partial charge in [-0.3, -0.25) is 0 Å². The van der Waals surface area contributed by atoms with E-state index in [-0.39, 0.29) is 0 Å². The van der Waals surface area contributed by atoms with Gasteiger partial charge in [-0.05, 0) is 6.42 Å². The van der Waals surface area contributed by atoms with Crippen molar-refractivity contribution in [3.8, 4) is 0 Å². The fraction of sp³-hybridized carbons (Fsp3) is 0.778. The van der Waals surface area contributed by atoms with Crippen molar-refractivity contribution in [2.75, 3.05) is 0 Å². The molecular weight excluding hydrogens is 136 g/mol. The smallest absolute Gasteiger partial charge is 0.0682 e. The molecule has 0 aliphatic carbocycles. The van der Waals surface area contributed by atoms with E-state index in [1.165, 1.54) is 19.3 Å². The van der Waals surface area contributed by atoms with Gasteiger partial charge in [0, 0.05) is 0 Å². The molecule has 0 aromatic heterocycles. The lowest BCUT2D eigenvalue weighted by atomic mass is 10.2. The van der Waals surface area contributed by atoms with Gasteiger partial charge in [0.15, 0.2) is 0 Å². The second kappa shape index (κ2) is 4.72. The fourth-order valence-corrected chi connectivity index (χ4v) is 1.63. The molecule has 0 saturated heterocycles. The Balaban J connectivity index is 3.37. The summed E-state index contributed by atoms with van der Waals surface area (Å²) in [5.41, 5.74) is 2.43. The zero-order chi connectivity index (χ0) is 8.04. The Morgan fingerprint density at radius 2 is 1.80 bits per heavy atom. The summed E-state index contributed by atoms with van der Waals surface area (Å²) in [7, 11) is -0.888. The van der Waals surface area contributed by atoms with Gasteiger partial charge < -0.3 is 0 Å². The molecule has 0 aromatic rings. The molecule has 0 N–H and O–H groups in total. The third kappa shape index (κ3) is 7.96. The van der Waals surface area contributed by atoms with Crippen molar-refractivity contribution in [1.29, 1.82) is 0 Å². The zero-order valence-corrected chi connectivity index (χ0v) is 8.78. The van der Waals surface area contributed by atoms with E-state index in [4.69, 9.17) is 0 Å². The third-order valence-electron chi connectivity index (χ3n) is 1.34. The van der Waals surface area contributed by atoms with Crippen LogP contribution >= 0.6 is 0 Å². The molecule has 10 heavy (non-hydrogen) atoms. The Labute approximate surface area is 66.4 Å². The monoisotopic (exact) mass is 156 g/mol. The summed E-state index contributed by atoms with van der Waals surface area (Å²) < 4.78 is 0. The molecule has 0 fully saturated rings. The maximum atomic E-state index is 2.43. The van der Waals surface area contributed by atoms with Crippen LogP contribution in [0.25, 0.3) is 0 Å². The van der Waals surface area contributed by atoms with Gasteiger partial charge in [-0.2, -0.15) is 0 Å². The van der Waals surface area contributed by atoms with Crippen LogP contribution in [0.4, 0.5) is 0 Å². The predicted octanol–water partition coefficient (Wildman–Crippen LogP) is 3.61. The number of rotatable bonds is 4. The van der Waals surface area contributed by atoms with Crippen molar-refractivity contribution in [3.63, 3.8) is 0 Å². The van der Waals surface area contributed by atoms with Gasteiger partial charge in [0.25, 0.3) is 0 Å². The Morgan fingerprint density at radius 3 is 2.20 bits per heavy atom. The Morgan fingerprint density at radius 1 is 1.20 bits per heavy atom. The summed E-state index contributed by atoms with van der Waals surface area (Å²) in [6, 6.07) is 0. The van der Waals surface area contributed by atoms with E-state index in [2.05, 4.69) is 38.3 Å². The van der Waals surface area contributed by atoms with E-state index >= 15 is 0 Å². The van der Waals surface area contributed by atoms with Crippen LogP contribution in [0.15, 0.2) is 11.8 Å². The minimum absolute atomic E-state index is 0.888. The van der Waals surface area contributed by atoms with Gasteiger partial charge in [-0.15, -0.1) is 0 Å². The topological polar surface area (TPSA) is 0 Å². The molecule has 0 saturated carbocycles. The second-order valence-corrected chi connectivity index (χ2v) is 8.98. The molecule has 0 aliphatic rings. The van der Waals surface area contributed by atoms with Crippen LogP contribution < -0.4 is 0 Å². The standard InChI is InChI=1S/C9H20Si/c1-5-6-7-8-9-10(2,3)4/h8-9H,5-7H2,1-4H3. The first-order valence-electron chi connectivity index (χ1n) is 4.24. The first-order valence-corrected chi connectivity index (χ1v) is 7.81. The minimum Gasteiger partial charge on any atom is -0.0989 e. The van der Waals surface area contributed by atoms with Gasteiger partial charge in [0.1, 0.15) is 0 Å². The van der Waals surface area contributed by atoms with Crippen LogP contribution in [0.5, 0.6) is 0 Å². The summed E-state index contributed by atoms with van der Waals surface area (Å²) in [5, 5.41) is 0. The van der Waals surface area contributed by atoms with E-state index in [0.717, 1.165) is 0 Å². The Bertz CT molecular complexity index is 97.8. The minimum atomic E-state index is -0.888. The number of allylic oxidation sites excluding steroid dienone is 1. The molecule has 0 nitrogen and oxygen atoms in total. The van der Waals surface area contributed by atoms with Crippen LogP contribution in [0.1, 0.15) is 26.2 Å². The lowest BCUT2D eigenvalue weighted by Crippen LogP contribution is -2.15. The maximum Gasteiger partial charge on any atom is 0.0682 e. The Kier molecular flexibility index (Phi) is 4.70. The number of unbranched alkanes of at least 4 members (excludes halogenated alkanes) is 2. The van der Waals surface area contributed by atoms with Crippen LogP contribution in [0.3, 0.4) is 0 Å². The maximum absolute atomic E-state index is 2.43. The van der Waals surface area contributed by atoms with Gasteiger partial charge in [-0.25, -0.2) is 0 Å². The predicted molar refractivity (Wildman–Crippen MR) is 52.0 cm³/mol. The van der Waals surface area contributed by atoms with Crippen molar-refractivity contribution in [3.05, 3.63) is 11.8 Å². The highest BCUT2D eigenvalue weighted by Crippen LogP contribution is 2.04. The summed E-state index contributed by atoms with van der Waals surface area (Å²) in [4.78, 5) is 0. The lowest BCUT2D eigenvalue weighted by molar-refractivity contribution is 0.815. The number of hydrogen-bond acceptors (Lipinski definition) is 0. The van der Waals surface area contributed by atoms with Crippen LogP contribution in [-0.2, 0) is 0 Å². The average Bonchev–Trinajstić information content (AvgIpc) is 1.78. The van der Waals surface area contributed by atoms with E-state index < -0.39 is 8.07 Å². The highest BCUT2D eigenvalue weighted by molar-refractivity contribution is 6.80. The molecule has 0 aromatic carbocycles. The van der Waals surface area contributed by atoms with Crippen molar-refractivity contribution in [1.82, 2.24) is 0 Å². The SMILES string of the molecule is CCCCC=C[Si](C)(C)C. The highest BCUT2D eigenvalue weighted by atomic mass is 28.3. The van der Waals surface area contributed by atoms with E-state index in [1.807, 2.05) is 0 Å². The quantitative estimate of drug-likeness (QED) is 0.431. The van der Waals surface area contributed by atoms with Crippen molar-refractivity contribution >= 4 is 8.07 Å². The summed E-state index contributed by atoms with van der Waals surface area (Å²) in [6.07, 6.45) is 6.30. The molecule has 0 rings (SSSR count). The molecule has 1 heteroatoms. The molecule has 0 aliphatic heterocycles. The first kappa shape index (κ1) is 9.96. The first-order chi connectivity index (χ1) is 4.56. The van der Waals surface area contributed by atoms with Crippen molar-refractivity contribution in [2.45, 2.75) is 45.8 Å². The largest absolute Gasteiger partial charge is 0.0989 e. The molecule has 0 spiro atoms. The van der Waals surface area contributed by atoms with Gasteiger partial charge in [-0.1, -0.05) is 51.2 Å². The fourth-order valence-electron chi connectivity index (χ4n) is 0.759. The average molecular weight is 156 g/mol. The van der Waals surface area contributed by atoms with Gasteiger partial charge in [0.2, 0.25) is 0 Å². The molecular formula is C9H20Si. The molecule has 0 amide bonds. The van der Waals surface area contributed by atoms with E-state index in [1.54, 1.807) is 0 Å². The molecule has 0 atom stereocenters. The zero-order valence-electron chi connectivity index (χ0n) is 7.78. The van der Waals surface area contributed by atoms with Crippen molar-refractivity contribution in [2.24, 2.45) is 0 Å². The van der Waals surface area contributed by atoms with E-state index in [0.29, 0.717) is 0 Å². The molecule has 60 valence electrons. The normalized spacial score (nSPS) is 12.8. The van der Waals surface area contributed by atoms with Crippen LogP contribution in [0.2, 0.25) is 19.6 Å². The van der Waals surface area contributed by atoms with Crippen LogP contribution in [0, 0.1) is 0 Å². The summed E-state index contributed by atoms with van der Waals surface area (Å²) >= 11 is 0. The lowest BCUT2D eigenvalue weighted by Gasteiger charge is -2.07. The molecule has 0 heterocycles. The molecule has 0 unspecified atom stereocenters. The van der Waals surface area contributed by atoms with E-state index in [9.17, 15) is 0 Å².